The van der Waals surface area contributed by atoms with Crippen LogP contribution in [0.3, 0.4) is 0 Å². The Labute approximate surface area is 118 Å². The molecular formula is C12H19N3O4S. The van der Waals surface area contributed by atoms with Crippen LogP contribution in [0.4, 0.5) is 0 Å². The topological polar surface area (TPSA) is 93.7 Å². The van der Waals surface area contributed by atoms with Crippen LogP contribution >= 0.6 is 0 Å². The van der Waals surface area contributed by atoms with Crippen molar-refractivity contribution in [3.8, 4) is 0 Å². The van der Waals surface area contributed by atoms with Gasteiger partial charge in [-0.3, -0.25) is 0 Å². The maximum Gasteiger partial charge on any atom is 0.352 e. The van der Waals surface area contributed by atoms with E-state index < -0.39 is 16.0 Å². The third kappa shape index (κ3) is 2.58. The maximum absolute atomic E-state index is 12.5. The number of H-pyrrole nitrogens is 1. The molecule has 1 saturated heterocycles. The lowest BCUT2D eigenvalue weighted by molar-refractivity contribution is 0.0691. The second kappa shape index (κ2) is 5.19. The third-order valence-corrected chi connectivity index (χ3v) is 5.54. The SMILES string of the molecule is CC1CN(S(=O)(=O)c2c[nH]c(C(=O)O)c2)CC1N(C)C. The van der Waals surface area contributed by atoms with Crippen molar-refractivity contribution in [2.75, 3.05) is 27.2 Å². The first-order chi connectivity index (χ1) is 9.23. The molecule has 1 aromatic heterocycles. The average Bonchev–Trinajstić information content (AvgIpc) is 2.94. The molecule has 2 atom stereocenters. The zero-order valence-electron chi connectivity index (χ0n) is 11.7. The van der Waals surface area contributed by atoms with Crippen LogP contribution in [0.2, 0.25) is 0 Å². The van der Waals surface area contributed by atoms with Crippen LogP contribution in [0.15, 0.2) is 17.2 Å². The highest BCUT2D eigenvalue weighted by Gasteiger charge is 2.38. The van der Waals surface area contributed by atoms with Gasteiger partial charge in [0.1, 0.15) is 10.6 Å². The van der Waals surface area contributed by atoms with Crippen LogP contribution in [-0.4, -0.2) is 66.9 Å². The van der Waals surface area contributed by atoms with Gasteiger partial charge < -0.3 is 15.0 Å². The Morgan fingerprint density at radius 2 is 2.10 bits per heavy atom. The minimum Gasteiger partial charge on any atom is -0.477 e. The molecule has 2 heterocycles. The number of aromatic carboxylic acids is 1. The molecule has 8 heteroatoms. The second-order valence-electron chi connectivity index (χ2n) is 5.38. The first-order valence-corrected chi connectivity index (χ1v) is 7.75. The minimum absolute atomic E-state index is 0.00139. The molecule has 2 unspecified atom stereocenters. The van der Waals surface area contributed by atoms with Gasteiger partial charge >= 0.3 is 5.97 Å². The smallest absolute Gasteiger partial charge is 0.352 e. The number of aromatic nitrogens is 1. The lowest BCUT2D eigenvalue weighted by Crippen LogP contribution is -2.35. The number of hydrogen-bond acceptors (Lipinski definition) is 4. The largest absolute Gasteiger partial charge is 0.477 e. The van der Waals surface area contributed by atoms with Crippen molar-refractivity contribution in [2.24, 2.45) is 5.92 Å². The number of carbonyl (C=O) groups is 1. The van der Waals surface area contributed by atoms with Crippen molar-refractivity contribution < 1.29 is 18.3 Å². The summed E-state index contributed by atoms with van der Waals surface area (Å²) in [4.78, 5) is 15.3. The molecule has 0 aromatic carbocycles. The fourth-order valence-electron chi connectivity index (χ4n) is 2.57. The highest BCUT2D eigenvalue weighted by atomic mass is 32.2. The van der Waals surface area contributed by atoms with Crippen LogP contribution in [0.1, 0.15) is 17.4 Å². The Kier molecular flexibility index (Phi) is 3.90. The molecule has 20 heavy (non-hydrogen) atoms. The van der Waals surface area contributed by atoms with Crippen molar-refractivity contribution in [2.45, 2.75) is 17.9 Å². The molecule has 112 valence electrons. The van der Waals surface area contributed by atoms with Crippen LogP contribution in [-0.2, 0) is 10.0 Å². The van der Waals surface area contributed by atoms with E-state index in [1.165, 1.54) is 10.5 Å². The summed E-state index contributed by atoms with van der Waals surface area (Å²) < 4.78 is 26.4. The minimum atomic E-state index is -3.64. The van der Waals surface area contributed by atoms with Gasteiger partial charge in [0.15, 0.2) is 0 Å². The van der Waals surface area contributed by atoms with Gasteiger partial charge in [-0.25, -0.2) is 13.2 Å². The molecule has 0 saturated carbocycles. The number of likely N-dealkylation sites (N-methyl/N-ethyl adjacent to an activating group) is 1. The normalized spacial score (nSPS) is 24.4. The molecule has 0 radical (unpaired) electrons. The molecule has 1 aliphatic rings. The first kappa shape index (κ1) is 15.0. The first-order valence-electron chi connectivity index (χ1n) is 6.31. The van der Waals surface area contributed by atoms with E-state index in [0.717, 1.165) is 6.07 Å². The van der Waals surface area contributed by atoms with Crippen molar-refractivity contribution in [3.63, 3.8) is 0 Å². The Balaban J connectivity index is 2.25. The maximum atomic E-state index is 12.5. The zero-order chi connectivity index (χ0) is 15.1. The lowest BCUT2D eigenvalue weighted by atomic mass is 10.1. The molecular weight excluding hydrogens is 282 g/mol. The summed E-state index contributed by atoms with van der Waals surface area (Å²) in [5, 5.41) is 8.84. The molecule has 0 aliphatic carbocycles. The summed E-state index contributed by atoms with van der Waals surface area (Å²) in [5.41, 5.74) is -0.125. The van der Waals surface area contributed by atoms with E-state index in [1.54, 1.807) is 0 Å². The van der Waals surface area contributed by atoms with Crippen molar-refractivity contribution in [3.05, 3.63) is 18.0 Å². The number of sulfonamides is 1. The molecule has 1 aliphatic heterocycles. The number of nitrogens with zero attached hydrogens (tertiary/aromatic N) is 2. The predicted molar refractivity (Wildman–Crippen MR) is 73.1 cm³/mol. The van der Waals surface area contributed by atoms with Gasteiger partial charge in [0.25, 0.3) is 0 Å². The number of carboxylic acids is 1. The van der Waals surface area contributed by atoms with E-state index in [4.69, 9.17) is 5.11 Å². The standard InChI is InChI=1S/C12H19N3O4S/c1-8-6-15(7-11(8)14(2)3)20(18,19)9-4-10(12(16)17)13-5-9/h4-5,8,11,13H,6-7H2,1-3H3,(H,16,17). The number of nitrogens with one attached hydrogen (secondary N) is 1. The lowest BCUT2D eigenvalue weighted by Gasteiger charge is -2.22. The third-order valence-electron chi connectivity index (χ3n) is 3.73. The molecule has 1 fully saturated rings. The monoisotopic (exact) mass is 301 g/mol. The van der Waals surface area contributed by atoms with Gasteiger partial charge in [0.05, 0.1) is 0 Å². The van der Waals surface area contributed by atoms with Gasteiger partial charge in [-0.1, -0.05) is 6.92 Å². The Morgan fingerprint density at radius 3 is 2.55 bits per heavy atom. The van der Waals surface area contributed by atoms with Crippen LogP contribution in [0.25, 0.3) is 0 Å². The second-order valence-corrected chi connectivity index (χ2v) is 7.32. The number of rotatable bonds is 4. The Hall–Kier alpha value is -1.38. The Bertz CT molecular complexity index is 608. The molecule has 1 aromatic rings. The van der Waals surface area contributed by atoms with E-state index in [2.05, 4.69) is 4.98 Å². The van der Waals surface area contributed by atoms with E-state index >= 15 is 0 Å². The highest BCUT2D eigenvalue weighted by molar-refractivity contribution is 7.89. The molecule has 2 N–H and O–H groups in total. The zero-order valence-corrected chi connectivity index (χ0v) is 12.5. The van der Waals surface area contributed by atoms with Crippen LogP contribution in [0, 0.1) is 5.92 Å². The summed E-state index contributed by atoms with van der Waals surface area (Å²) >= 11 is 0. The summed E-state index contributed by atoms with van der Waals surface area (Å²) in [5.74, 6) is -0.940. The quantitative estimate of drug-likeness (QED) is 0.833. The fraction of sp³-hybridized carbons (Fsp3) is 0.583. The van der Waals surface area contributed by atoms with Crippen LogP contribution in [0.5, 0.6) is 0 Å². The summed E-state index contributed by atoms with van der Waals surface area (Å²) in [7, 11) is 0.215. The average molecular weight is 301 g/mol. The van der Waals surface area contributed by atoms with E-state index in [1.807, 2.05) is 25.9 Å². The van der Waals surface area contributed by atoms with Gasteiger partial charge in [0.2, 0.25) is 10.0 Å². The number of aromatic amines is 1. The summed E-state index contributed by atoms with van der Waals surface area (Å²) in [6, 6.07) is 1.33. The van der Waals surface area contributed by atoms with Gasteiger partial charge in [0, 0.05) is 25.3 Å². The molecule has 0 spiro atoms. The molecule has 7 nitrogen and oxygen atoms in total. The molecule has 0 bridgehead atoms. The van der Waals surface area contributed by atoms with Crippen LogP contribution < -0.4 is 0 Å². The van der Waals surface area contributed by atoms with Gasteiger partial charge in [-0.15, -0.1) is 0 Å². The molecule has 0 amide bonds. The fourth-order valence-corrected chi connectivity index (χ4v) is 4.12. The summed E-state index contributed by atoms with van der Waals surface area (Å²) in [6.45, 7) is 2.88. The van der Waals surface area contributed by atoms with Gasteiger partial charge in [-0.05, 0) is 26.1 Å². The van der Waals surface area contributed by atoms with Gasteiger partial charge in [-0.2, -0.15) is 4.31 Å². The van der Waals surface area contributed by atoms with E-state index in [0.29, 0.717) is 13.1 Å². The van der Waals surface area contributed by atoms with E-state index in [9.17, 15) is 13.2 Å². The predicted octanol–water partition coefficient (Wildman–Crippen LogP) is 0.284. The summed E-state index contributed by atoms with van der Waals surface area (Å²) in [6.07, 6.45) is 1.23. The van der Waals surface area contributed by atoms with E-state index in [-0.39, 0.29) is 22.5 Å². The Morgan fingerprint density at radius 1 is 1.45 bits per heavy atom. The molecule has 2 rings (SSSR count). The number of carboxylic acid groups (broad SMARTS) is 1. The number of hydrogen-bond donors (Lipinski definition) is 2. The van der Waals surface area contributed by atoms with Crippen molar-refractivity contribution >= 4 is 16.0 Å². The highest BCUT2D eigenvalue weighted by Crippen LogP contribution is 2.26. The van der Waals surface area contributed by atoms with Crippen molar-refractivity contribution in [1.82, 2.24) is 14.2 Å². The van der Waals surface area contributed by atoms with Crippen molar-refractivity contribution in [1.29, 1.82) is 0 Å².